The van der Waals surface area contributed by atoms with Gasteiger partial charge in [0.15, 0.2) is 5.76 Å². The summed E-state index contributed by atoms with van der Waals surface area (Å²) < 4.78 is 13.2. The molecule has 6 heteroatoms. The normalized spacial score (nSPS) is 26.2. The summed E-state index contributed by atoms with van der Waals surface area (Å²) in [4.78, 5) is 14.3. The van der Waals surface area contributed by atoms with Gasteiger partial charge in [-0.3, -0.25) is 9.48 Å². The number of ether oxygens (including phenoxy) is 2. The first-order chi connectivity index (χ1) is 10.1. The Morgan fingerprint density at radius 2 is 2.29 bits per heavy atom. The molecule has 114 valence electrons. The number of rotatable bonds is 2. The standard InChI is InChI=1S/C15H21N3O3/c1-15(12-9-16-17(2)10-12)11-18(6-8-21-15)14(19)13-5-3-4-7-20-13/h5,9-10H,3-4,6-8,11H2,1-2H3. The van der Waals surface area contributed by atoms with Gasteiger partial charge < -0.3 is 14.4 Å². The van der Waals surface area contributed by atoms with Crippen LogP contribution in [0.4, 0.5) is 0 Å². The van der Waals surface area contributed by atoms with E-state index < -0.39 is 5.60 Å². The molecule has 0 spiro atoms. The van der Waals surface area contributed by atoms with Crippen LogP contribution in [0.3, 0.4) is 0 Å². The molecule has 0 bridgehead atoms. The van der Waals surface area contributed by atoms with Gasteiger partial charge in [-0.1, -0.05) is 0 Å². The van der Waals surface area contributed by atoms with Crippen LogP contribution in [-0.4, -0.2) is 46.9 Å². The van der Waals surface area contributed by atoms with Crippen molar-refractivity contribution in [1.29, 1.82) is 0 Å². The number of morpholine rings is 1. The molecule has 0 N–H and O–H groups in total. The fourth-order valence-electron chi connectivity index (χ4n) is 2.77. The average Bonchev–Trinajstić information content (AvgIpc) is 2.95. The monoisotopic (exact) mass is 291 g/mol. The van der Waals surface area contributed by atoms with Crippen LogP contribution in [-0.2, 0) is 26.9 Å². The highest BCUT2D eigenvalue weighted by Crippen LogP contribution is 2.30. The van der Waals surface area contributed by atoms with Gasteiger partial charge in [-0.15, -0.1) is 0 Å². The number of nitrogens with zero attached hydrogens (tertiary/aromatic N) is 3. The molecule has 1 amide bonds. The minimum atomic E-state index is -0.516. The second kappa shape index (κ2) is 5.52. The van der Waals surface area contributed by atoms with Gasteiger partial charge in [0.2, 0.25) is 0 Å². The summed E-state index contributed by atoms with van der Waals surface area (Å²) in [5.41, 5.74) is 0.471. The molecular formula is C15H21N3O3. The lowest BCUT2D eigenvalue weighted by Crippen LogP contribution is -2.51. The number of carbonyl (C=O) groups is 1. The van der Waals surface area contributed by atoms with Crippen molar-refractivity contribution in [3.8, 4) is 0 Å². The summed E-state index contributed by atoms with van der Waals surface area (Å²) >= 11 is 0. The Morgan fingerprint density at radius 1 is 1.43 bits per heavy atom. The van der Waals surface area contributed by atoms with Crippen LogP contribution in [0.5, 0.6) is 0 Å². The largest absolute Gasteiger partial charge is 0.488 e. The lowest BCUT2D eigenvalue weighted by Gasteiger charge is -2.40. The van der Waals surface area contributed by atoms with Crippen molar-refractivity contribution in [2.45, 2.75) is 25.4 Å². The highest BCUT2D eigenvalue weighted by Gasteiger charge is 2.37. The predicted octanol–water partition coefficient (Wildman–Crippen LogP) is 1.19. The number of carbonyl (C=O) groups excluding carboxylic acids is 1. The maximum atomic E-state index is 12.5. The molecule has 1 fully saturated rings. The van der Waals surface area contributed by atoms with E-state index in [-0.39, 0.29) is 5.91 Å². The molecule has 6 nitrogen and oxygen atoms in total. The Balaban J connectivity index is 1.76. The number of aromatic nitrogens is 2. The van der Waals surface area contributed by atoms with E-state index in [1.54, 1.807) is 10.9 Å². The molecule has 1 unspecified atom stereocenters. The zero-order valence-corrected chi connectivity index (χ0v) is 12.5. The molecule has 2 aliphatic rings. The van der Waals surface area contributed by atoms with E-state index in [0.29, 0.717) is 32.1 Å². The van der Waals surface area contributed by atoms with E-state index in [2.05, 4.69) is 5.10 Å². The van der Waals surface area contributed by atoms with E-state index in [4.69, 9.17) is 9.47 Å². The highest BCUT2D eigenvalue weighted by atomic mass is 16.5. The number of amides is 1. The first kappa shape index (κ1) is 14.1. The molecule has 0 radical (unpaired) electrons. The van der Waals surface area contributed by atoms with Gasteiger partial charge >= 0.3 is 0 Å². The molecule has 1 aromatic heterocycles. The summed E-state index contributed by atoms with van der Waals surface area (Å²) in [6.07, 6.45) is 7.51. The van der Waals surface area contributed by atoms with Crippen molar-refractivity contribution >= 4 is 5.91 Å². The van der Waals surface area contributed by atoms with Crippen molar-refractivity contribution in [3.63, 3.8) is 0 Å². The molecule has 3 heterocycles. The fraction of sp³-hybridized carbons (Fsp3) is 0.600. The zero-order valence-electron chi connectivity index (χ0n) is 12.5. The topological polar surface area (TPSA) is 56.6 Å². The third kappa shape index (κ3) is 2.81. The van der Waals surface area contributed by atoms with Gasteiger partial charge in [0.05, 0.1) is 26.0 Å². The van der Waals surface area contributed by atoms with Gasteiger partial charge in [0, 0.05) is 25.4 Å². The number of hydrogen-bond donors (Lipinski definition) is 0. The lowest BCUT2D eigenvalue weighted by molar-refractivity contribution is -0.149. The number of allylic oxidation sites excluding steroid dienone is 1. The van der Waals surface area contributed by atoms with Crippen molar-refractivity contribution in [3.05, 3.63) is 29.8 Å². The molecule has 0 aromatic carbocycles. The smallest absolute Gasteiger partial charge is 0.288 e. The van der Waals surface area contributed by atoms with Crippen LogP contribution in [0, 0.1) is 0 Å². The van der Waals surface area contributed by atoms with Gasteiger partial charge in [-0.25, -0.2) is 0 Å². The molecular weight excluding hydrogens is 270 g/mol. The maximum absolute atomic E-state index is 12.5. The highest BCUT2D eigenvalue weighted by molar-refractivity contribution is 5.91. The van der Waals surface area contributed by atoms with Crippen LogP contribution < -0.4 is 0 Å². The number of aryl methyl sites for hydroxylation is 1. The van der Waals surface area contributed by atoms with Crippen LogP contribution in [0.1, 0.15) is 25.3 Å². The van der Waals surface area contributed by atoms with Crippen LogP contribution in [0.2, 0.25) is 0 Å². The molecule has 3 rings (SSSR count). The molecule has 21 heavy (non-hydrogen) atoms. The van der Waals surface area contributed by atoms with E-state index in [0.717, 1.165) is 18.4 Å². The van der Waals surface area contributed by atoms with Crippen molar-refractivity contribution < 1.29 is 14.3 Å². The van der Waals surface area contributed by atoms with Crippen LogP contribution >= 0.6 is 0 Å². The zero-order chi connectivity index (χ0) is 14.9. The maximum Gasteiger partial charge on any atom is 0.288 e. The van der Waals surface area contributed by atoms with Crippen molar-refractivity contribution in [1.82, 2.24) is 14.7 Å². The second-order valence-corrected chi connectivity index (χ2v) is 5.77. The Kier molecular flexibility index (Phi) is 3.71. The quantitative estimate of drug-likeness (QED) is 0.821. The summed E-state index contributed by atoms with van der Waals surface area (Å²) in [6, 6.07) is 0. The lowest BCUT2D eigenvalue weighted by atomic mass is 9.97. The first-order valence-corrected chi connectivity index (χ1v) is 7.34. The van der Waals surface area contributed by atoms with E-state index >= 15 is 0 Å². The second-order valence-electron chi connectivity index (χ2n) is 5.77. The van der Waals surface area contributed by atoms with Gasteiger partial charge in [0.25, 0.3) is 5.91 Å². The van der Waals surface area contributed by atoms with E-state index in [1.165, 1.54) is 0 Å². The van der Waals surface area contributed by atoms with Gasteiger partial charge in [-0.2, -0.15) is 5.10 Å². The minimum absolute atomic E-state index is 0.0342. The van der Waals surface area contributed by atoms with E-state index in [9.17, 15) is 4.79 Å². The molecule has 1 aromatic rings. The summed E-state index contributed by atoms with van der Waals surface area (Å²) in [5, 5.41) is 4.19. The fourth-order valence-corrected chi connectivity index (χ4v) is 2.77. The Hall–Kier alpha value is -1.82. The third-order valence-electron chi connectivity index (χ3n) is 4.02. The first-order valence-electron chi connectivity index (χ1n) is 7.34. The number of hydrogen-bond acceptors (Lipinski definition) is 4. The average molecular weight is 291 g/mol. The Bertz CT molecular complexity index is 566. The van der Waals surface area contributed by atoms with E-state index in [1.807, 2.05) is 31.1 Å². The Morgan fingerprint density at radius 3 is 2.95 bits per heavy atom. The summed E-state index contributed by atoms with van der Waals surface area (Å²) in [5.74, 6) is 0.449. The Labute approximate surface area is 124 Å². The minimum Gasteiger partial charge on any atom is -0.488 e. The van der Waals surface area contributed by atoms with Gasteiger partial charge in [0.1, 0.15) is 5.60 Å². The molecule has 0 aliphatic carbocycles. The SMILES string of the molecule is Cn1cc(C2(C)CN(C(=O)C3=CCCCO3)CCO2)cn1. The third-order valence-corrected chi connectivity index (χ3v) is 4.02. The van der Waals surface area contributed by atoms with Gasteiger partial charge in [-0.05, 0) is 25.8 Å². The van der Waals surface area contributed by atoms with Crippen LogP contribution in [0.15, 0.2) is 24.2 Å². The molecule has 1 saturated heterocycles. The molecule has 2 aliphatic heterocycles. The predicted molar refractivity (Wildman–Crippen MR) is 76.4 cm³/mol. The summed E-state index contributed by atoms with van der Waals surface area (Å²) in [6.45, 7) is 4.25. The molecule has 1 atom stereocenters. The van der Waals surface area contributed by atoms with Crippen molar-refractivity contribution in [2.24, 2.45) is 7.05 Å². The van der Waals surface area contributed by atoms with Crippen molar-refractivity contribution in [2.75, 3.05) is 26.3 Å². The molecule has 0 saturated carbocycles. The van der Waals surface area contributed by atoms with Crippen LogP contribution in [0.25, 0.3) is 0 Å². The summed E-state index contributed by atoms with van der Waals surface area (Å²) in [7, 11) is 1.87.